The van der Waals surface area contributed by atoms with Crippen molar-refractivity contribution >= 4 is 0 Å². The first-order chi connectivity index (χ1) is 14.1. The lowest BCUT2D eigenvalue weighted by Gasteiger charge is -2.38. The molecule has 0 saturated heterocycles. The molecule has 156 valence electrons. The summed E-state index contributed by atoms with van der Waals surface area (Å²) in [7, 11) is 0. The number of halogens is 2. The summed E-state index contributed by atoms with van der Waals surface area (Å²) in [6, 6.07) is 13.9. The van der Waals surface area contributed by atoms with Crippen LogP contribution < -0.4 is 0 Å². The van der Waals surface area contributed by atoms with E-state index in [1.165, 1.54) is 74.6 Å². The van der Waals surface area contributed by atoms with Gasteiger partial charge in [0.1, 0.15) is 0 Å². The minimum atomic E-state index is -0.737. The zero-order valence-corrected chi connectivity index (χ0v) is 17.7. The van der Waals surface area contributed by atoms with Crippen LogP contribution in [0.4, 0.5) is 8.78 Å². The highest BCUT2D eigenvalue weighted by Crippen LogP contribution is 2.45. The Hall–Kier alpha value is -1.70. The highest BCUT2D eigenvalue weighted by Gasteiger charge is 2.31. The average molecular weight is 397 g/mol. The molecule has 0 nitrogen and oxygen atoms in total. The monoisotopic (exact) mass is 396 g/mol. The maximum atomic E-state index is 13.6. The molecule has 2 aromatic rings. The number of benzene rings is 2. The largest absolute Gasteiger partial charge is 0.204 e. The highest BCUT2D eigenvalue weighted by molar-refractivity contribution is 5.26. The van der Waals surface area contributed by atoms with Gasteiger partial charge in [0, 0.05) is 0 Å². The molecule has 0 N–H and O–H groups in total. The molecule has 29 heavy (non-hydrogen) atoms. The zero-order valence-electron chi connectivity index (χ0n) is 17.7. The molecule has 2 aromatic carbocycles. The number of hydrogen-bond acceptors (Lipinski definition) is 0. The lowest BCUT2D eigenvalue weighted by atomic mass is 9.67. The fourth-order valence-electron chi connectivity index (χ4n) is 5.86. The van der Waals surface area contributed by atoms with Crippen molar-refractivity contribution in [3.05, 3.63) is 70.8 Å². The molecule has 2 aliphatic rings. The third-order valence-electron chi connectivity index (χ3n) is 7.62. The maximum Gasteiger partial charge on any atom is 0.159 e. The van der Waals surface area contributed by atoms with Gasteiger partial charge in [-0.15, -0.1) is 0 Å². The van der Waals surface area contributed by atoms with Crippen molar-refractivity contribution in [1.29, 1.82) is 0 Å². The van der Waals surface area contributed by atoms with Crippen molar-refractivity contribution < 1.29 is 8.78 Å². The van der Waals surface area contributed by atoms with Crippen LogP contribution in [-0.4, -0.2) is 0 Å². The van der Waals surface area contributed by atoms with Gasteiger partial charge >= 0.3 is 0 Å². The molecule has 0 aromatic heterocycles. The van der Waals surface area contributed by atoms with Crippen LogP contribution >= 0.6 is 0 Å². The SMILES string of the molecule is CCCc1ccc([C@H]2CC[C@H]([C@H]3CC[C@H](c4ccc(F)c(F)c4)CC3)CC2)cc1. The van der Waals surface area contributed by atoms with Gasteiger partial charge in [0.25, 0.3) is 0 Å². The van der Waals surface area contributed by atoms with Gasteiger partial charge in [-0.1, -0.05) is 43.7 Å². The van der Waals surface area contributed by atoms with E-state index in [0.717, 1.165) is 36.2 Å². The normalized spacial score (nSPS) is 27.7. The van der Waals surface area contributed by atoms with Gasteiger partial charge < -0.3 is 0 Å². The smallest absolute Gasteiger partial charge is 0.159 e. The van der Waals surface area contributed by atoms with E-state index >= 15 is 0 Å². The van der Waals surface area contributed by atoms with Crippen LogP contribution in [0.3, 0.4) is 0 Å². The number of rotatable bonds is 5. The van der Waals surface area contributed by atoms with E-state index < -0.39 is 11.6 Å². The van der Waals surface area contributed by atoms with E-state index in [0.29, 0.717) is 5.92 Å². The van der Waals surface area contributed by atoms with E-state index in [1.807, 2.05) is 0 Å². The Balaban J connectivity index is 1.27. The first kappa shape index (κ1) is 20.6. The van der Waals surface area contributed by atoms with Crippen molar-refractivity contribution in [2.75, 3.05) is 0 Å². The molecule has 2 saturated carbocycles. The molecule has 0 unspecified atom stereocenters. The Morgan fingerprint density at radius 3 is 1.69 bits per heavy atom. The minimum Gasteiger partial charge on any atom is -0.204 e. The second kappa shape index (κ2) is 9.41. The highest BCUT2D eigenvalue weighted by atomic mass is 19.2. The molecule has 0 bridgehead atoms. The molecule has 0 heterocycles. The molecule has 0 amide bonds. The van der Waals surface area contributed by atoms with Crippen molar-refractivity contribution in [3.8, 4) is 0 Å². The third kappa shape index (κ3) is 4.90. The number of aryl methyl sites for hydroxylation is 1. The standard InChI is InChI=1S/C27H34F2/c1-2-3-19-4-6-20(7-5-19)21-8-10-22(11-9-21)23-12-14-24(15-13-23)25-16-17-26(28)27(29)18-25/h4-7,16-18,21-24H,2-3,8-15H2,1H3/t21-,22-,23-,24-. The van der Waals surface area contributed by atoms with Gasteiger partial charge in [0.15, 0.2) is 11.6 Å². The van der Waals surface area contributed by atoms with Gasteiger partial charge in [0.05, 0.1) is 0 Å². The van der Waals surface area contributed by atoms with E-state index in [4.69, 9.17) is 0 Å². The van der Waals surface area contributed by atoms with E-state index in [-0.39, 0.29) is 0 Å². The summed E-state index contributed by atoms with van der Waals surface area (Å²) in [5.41, 5.74) is 3.98. The summed E-state index contributed by atoms with van der Waals surface area (Å²) >= 11 is 0. The molecular weight excluding hydrogens is 362 g/mol. The molecule has 2 aliphatic carbocycles. The summed E-state index contributed by atoms with van der Waals surface area (Å²) in [6.45, 7) is 2.24. The summed E-state index contributed by atoms with van der Waals surface area (Å²) in [5, 5.41) is 0. The molecule has 0 radical (unpaired) electrons. The molecule has 0 atom stereocenters. The first-order valence-electron chi connectivity index (χ1n) is 11.7. The van der Waals surface area contributed by atoms with Crippen LogP contribution in [-0.2, 0) is 6.42 Å². The van der Waals surface area contributed by atoms with Crippen molar-refractivity contribution in [1.82, 2.24) is 0 Å². The lowest BCUT2D eigenvalue weighted by Crippen LogP contribution is -2.25. The van der Waals surface area contributed by atoms with Crippen molar-refractivity contribution in [2.24, 2.45) is 11.8 Å². The van der Waals surface area contributed by atoms with Crippen molar-refractivity contribution in [3.63, 3.8) is 0 Å². The van der Waals surface area contributed by atoms with Gasteiger partial charge in [0.2, 0.25) is 0 Å². The molecule has 2 heteroatoms. The topological polar surface area (TPSA) is 0 Å². The second-order valence-corrected chi connectivity index (χ2v) is 9.39. The number of hydrogen-bond donors (Lipinski definition) is 0. The first-order valence-corrected chi connectivity index (χ1v) is 11.7. The van der Waals surface area contributed by atoms with Gasteiger partial charge in [-0.2, -0.15) is 0 Å². The van der Waals surface area contributed by atoms with E-state index in [1.54, 1.807) is 6.07 Å². The third-order valence-corrected chi connectivity index (χ3v) is 7.62. The fourth-order valence-corrected chi connectivity index (χ4v) is 5.86. The molecule has 0 aliphatic heterocycles. The average Bonchev–Trinajstić information content (AvgIpc) is 2.77. The van der Waals surface area contributed by atoms with Crippen LogP contribution in [0.5, 0.6) is 0 Å². The van der Waals surface area contributed by atoms with Crippen LogP contribution in [0.15, 0.2) is 42.5 Å². The molecule has 4 rings (SSSR count). The van der Waals surface area contributed by atoms with Crippen molar-refractivity contribution in [2.45, 2.75) is 83.0 Å². The van der Waals surface area contributed by atoms with E-state index in [2.05, 4.69) is 31.2 Å². The van der Waals surface area contributed by atoms with Gasteiger partial charge in [-0.3, -0.25) is 0 Å². The summed E-state index contributed by atoms with van der Waals surface area (Å²) in [5.74, 6) is 1.38. The molecular formula is C27H34F2. The van der Waals surface area contributed by atoms with E-state index in [9.17, 15) is 8.78 Å². The fraction of sp³-hybridized carbons (Fsp3) is 0.556. The van der Waals surface area contributed by atoms with Gasteiger partial charge in [-0.05, 0) is 110 Å². The Bertz CT molecular complexity index is 779. The maximum absolute atomic E-state index is 13.6. The summed E-state index contributed by atoms with van der Waals surface area (Å²) in [6.07, 6.45) is 12.5. The van der Waals surface area contributed by atoms with Gasteiger partial charge in [-0.25, -0.2) is 8.78 Å². The zero-order chi connectivity index (χ0) is 20.2. The second-order valence-electron chi connectivity index (χ2n) is 9.39. The summed E-state index contributed by atoms with van der Waals surface area (Å²) in [4.78, 5) is 0. The van der Waals surface area contributed by atoms with Crippen LogP contribution in [0.25, 0.3) is 0 Å². The summed E-state index contributed by atoms with van der Waals surface area (Å²) < 4.78 is 26.8. The van der Waals surface area contributed by atoms with Crippen LogP contribution in [0.2, 0.25) is 0 Å². The predicted octanol–water partition coefficient (Wildman–Crippen LogP) is 8.17. The Morgan fingerprint density at radius 2 is 1.17 bits per heavy atom. The minimum absolute atomic E-state index is 0.402. The quantitative estimate of drug-likeness (QED) is 0.478. The Kier molecular flexibility index (Phi) is 6.67. The lowest BCUT2D eigenvalue weighted by molar-refractivity contribution is 0.177. The van der Waals surface area contributed by atoms with Crippen LogP contribution in [0, 0.1) is 23.5 Å². The Morgan fingerprint density at radius 1 is 0.655 bits per heavy atom. The Labute approximate surface area is 174 Å². The molecule has 0 spiro atoms. The predicted molar refractivity (Wildman–Crippen MR) is 116 cm³/mol. The van der Waals surface area contributed by atoms with Crippen LogP contribution in [0.1, 0.15) is 93.2 Å². The molecule has 2 fully saturated rings.